The molecule has 35 heavy (non-hydrogen) atoms. The Morgan fingerprint density at radius 1 is 0.600 bits per heavy atom. The van der Waals surface area contributed by atoms with Crippen LogP contribution in [0, 0.1) is 0 Å². The van der Waals surface area contributed by atoms with Crippen LogP contribution in [0.15, 0.2) is 0 Å². The lowest BCUT2D eigenvalue weighted by Crippen LogP contribution is -2.67. The van der Waals surface area contributed by atoms with Gasteiger partial charge in [-0.25, -0.2) is 4.79 Å². The number of rotatable bonds is 7. The van der Waals surface area contributed by atoms with Gasteiger partial charge in [-0.3, -0.25) is 0 Å². The van der Waals surface area contributed by atoms with Crippen molar-refractivity contribution in [1.29, 1.82) is 0 Å². The van der Waals surface area contributed by atoms with Crippen LogP contribution < -0.4 is 0 Å². The van der Waals surface area contributed by atoms with Gasteiger partial charge in [0.25, 0.3) is 0 Å². The average Bonchev–Trinajstić information content (AvgIpc) is 2.82. The summed E-state index contributed by atoms with van der Waals surface area (Å²) in [5.74, 6) is -1.72. The first-order valence-electron chi connectivity index (χ1n) is 10.6. The molecule has 15 atom stereocenters. The molecule has 11 N–H and O–H groups in total. The lowest BCUT2D eigenvalue weighted by molar-refractivity contribution is -0.385. The molecular weight excluding hydrogens is 488 g/mol. The van der Waals surface area contributed by atoms with Crippen molar-refractivity contribution in [1.82, 2.24) is 0 Å². The lowest BCUT2D eigenvalue weighted by atomic mass is 9.96. The predicted molar refractivity (Wildman–Crippen MR) is 102 cm³/mol. The quantitative estimate of drug-likeness (QED) is 0.149. The van der Waals surface area contributed by atoms with E-state index in [4.69, 9.17) is 23.7 Å². The molecule has 0 aromatic heterocycles. The highest BCUT2D eigenvalue weighted by Crippen LogP contribution is 2.32. The molecule has 3 fully saturated rings. The van der Waals surface area contributed by atoms with Crippen molar-refractivity contribution >= 4 is 5.97 Å². The van der Waals surface area contributed by atoms with Crippen molar-refractivity contribution in [2.75, 3.05) is 13.2 Å². The molecule has 17 nitrogen and oxygen atoms in total. The molecule has 0 aliphatic carbocycles. The molecule has 0 saturated carbocycles. The number of carboxylic acid groups (broad SMARTS) is 1. The van der Waals surface area contributed by atoms with Crippen molar-refractivity contribution in [3.8, 4) is 0 Å². The van der Waals surface area contributed by atoms with Crippen LogP contribution in [0.4, 0.5) is 0 Å². The SMILES string of the molecule is O=C(O)[C@H]1O[C@@H](O[C@H]2[C@H](O[C@@H]3[C@@H](O)[C@@H](O)O[C@H](CO)[C@H]3O)O[C@H](CO)[C@H](O)[C@@H]2O)[C@H](O)[C@@H](O)[C@H]1O. The Balaban J connectivity index is 1.86. The Bertz CT molecular complexity index is 711. The van der Waals surface area contributed by atoms with Crippen molar-refractivity contribution < 1.29 is 84.7 Å². The van der Waals surface area contributed by atoms with Crippen molar-refractivity contribution in [3.63, 3.8) is 0 Å². The van der Waals surface area contributed by atoms with E-state index in [0.29, 0.717) is 0 Å². The number of aliphatic hydroxyl groups excluding tert-OH is 10. The first-order chi connectivity index (χ1) is 16.4. The third-order valence-electron chi connectivity index (χ3n) is 6.06. The second kappa shape index (κ2) is 11.5. The zero-order chi connectivity index (χ0) is 26.2. The lowest BCUT2D eigenvalue weighted by Gasteiger charge is -2.48. The van der Waals surface area contributed by atoms with E-state index in [1.807, 2.05) is 0 Å². The van der Waals surface area contributed by atoms with E-state index < -0.39 is 111 Å². The fraction of sp³-hybridized carbons (Fsp3) is 0.944. The van der Waals surface area contributed by atoms with Gasteiger partial charge in [0.05, 0.1) is 13.2 Å². The maximum absolute atomic E-state index is 11.3. The number of carbonyl (C=O) groups is 1. The van der Waals surface area contributed by atoms with E-state index in [1.54, 1.807) is 0 Å². The Morgan fingerprint density at radius 2 is 1.17 bits per heavy atom. The zero-order valence-corrected chi connectivity index (χ0v) is 17.9. The van der Waals surface area contributed by atoms with Crippen LogP contribution in [0.5, 0.6) is 0 Å². The van der Waals surface area contributed by atoms with Gasteiger partial charge in [-0.05, 0) is 0 Å². The summed E-state index contributed by atoms with van der Waals surface area (Å²) in [6.07, 6.45) is -28.1. The van der Waals surface area contributed by atoms with Gasteiger partial charge in [0.2, 0.25) is 0 Å². The number of hydrogen-bond donors (Lipinski definition) is 11. The van der Waals surface area contributed by atoms with Crippen molar-refractivity contribution in [3.05, 3.63) is 0 Å². The summed E-state index contributed by atoms with van der Waals surface area (Å²) in [5, 5.41) is 109. The van der Waals surface area contributed by atoms with E-state index in [1.165, 1.54) is 0 Å². The molecule has 3 heterocycles. The maximum Gasteiger partial charge on any atom is 0.335 e. The molecule has 17 heteroatoms. The third kappa shape index (κ3) is 5.59. The summed E-state index contributed by atoms with van der Waals surface area (Å²) in [7, 11) is 0. The molecule has 0 radical (unpaired) electrons. The van der Waals surface area contributed by atoms with Crippen LogP contribution in [0.25, 0.3) is 0 Å². The number of carboxylic acids is 1. The van der Waals surface area contributed by atoms with Crippen molar-refractivity contribution in [2.24, 2.45) is 0 Å². The maximum atomic E-state index is 11.3. The van der Waals surface area contributed by atoms with E-state index in [2.05, 4.69) is 0 Å². The molecule has 0 unspecified atom stereocenters. The molecule has 0 aromatic carbocycles. The minimum atomic E-state index is -2.06. The highest BCUT2D eigenvalue weighted by atomic mass is 16.8. The Hall–Kier alpha value is -1.13. The largest absolute Gasteiger partial charge is 0.479 e. The predicted octanol–water partition coefficient (Wildman–Crippen LogP) is -7.48. The fourth-order valence-electron chi connectivity index (χ4n) is 4.01. The molecule has 0 bridgehead atoms. The third-order valence-corrected chi connectivity index (χ3v) is 6.06. The topological polar surface area (TPSA) is 286 Å². The molecule has 3 aliphatic heterocycles. The molecule has 0 spiro atoms. The summed E-state index contributed by atoms with van der Waals surface area (Å²) in [6, 6.07) is 0. The summed E-state index contributed by atoms with van der Waals surface area (Å²) < 4.78 is 26.0. The number of aliphatic hydroxyl groups is 10. The zero-order valence-electron chi connectivity index (χ0n) is 17.9. The molecule has 3 saturated heterocycles. The van der Waals surface area contributed by atoms with Crippen LogP contribution in [0.3, 0.4) is 0 Å². The molecule has 0 aromatic rings. The van der Waals surface area contributed by atoms with Gasteiger partial charge >= 0.3 is 5.97 Å². The van der Waals surface area contributed by atoms with E-state index in [-0.39, 0.29) is 0 Å². The summed E-state index contributed by atoms with van der Waals surface area (Å²) >= 11 is 0. The number of ether oxygens (including phenoxy) is 5. The molecule has 3 aliphatic rings. The monoisotopic (exact) mass is 518 g/mol. The Labute approximate surface area is 196 Å². The number of hydrogen-bond acceptors (Lipinski definition) is 16. The fourth-order valence-corrected chi connectivity index (χ4v) is 4.01. The van der Waals surface area contributed by atoms with Crippen LogP contribution in [0.1, 0.15) is 0 Å². The smallest absolute Gasteiger partial charge is 0.335 e. The van der Waals surface area contributed by atoms with Crippen LogP contribution in [0.2, 0.25) is 0 Å². The van der Waals surface area contributed by atoms with Gasteiger partial charge < -0.3 is 79.9 Å². The van der Waals surface area contributed by atoms with Gasteiger partial charge in [-0.2, -0.15) is 0 Å². The molecule has 204 valence electrons. The van der Waals surface area contributed by atoms with Crippen LogP contribution in [-0.2, 0) is 28.5 Å². The summed E-state index contributed by atoms with van der Waals surface area (Å²) in [5.41, 5.74) is 0. The standard InChI is InChI=1S/C18H30O17/c19-1-3-5(21)8(24)14(35-17-10(26)7(23)9(25)13(34-17)15(28)29)18(32-3)33-12-6(22)4(2-20)31-16(30)11(12)27/h3-14,16-27,30H,1-2H2,(H,28,29)/t3-,4-,5+,6-,7+,8+,9-,10-,11-,12+,13+,14-,16+,17+,18+/m1/s1. The van der Waals surface area contributed by atoms with Crippen LogP contribution in [-0.4, -0.2) is 167 Å². The van der Waals surface area contributed by atoms with Gasteiger partial charge in [0.15, 0.2) is 25.0 Å². The first kappa shape index (κ1) is 28.4. The first-order valence-corrected chi connectivity index (χ1v) is 10.6. The van der Waals surface area contributed by atoms with Gasteiger partial charge in [0.1, 0.15) is 67.1 Å². The minimum absolute atomic E-state index is 0.796. The normalized spacial score (nSPS) is 51.2. The second-order valence-electron chi connectivity index (χ2n) is 8.37. The highest BCUT2D eigenvalue weighted by molar-refractivity contribution is 5.73. The molecular formula is C18H30O17. The Morgan fingerprint density at radius 3 is 1.74 bits per heavy atom. The van der Waals surface area contributed by atoms with Gasteiger partial charge in [-0.1, -0.05) is 0 Å². The summed E-state index contributed by atoms with van der Waals surface area (Å²) in [4.78, 5) is 11.3. The van der Waals surface area contributed by atoms with E-state index in [0.717, 1.165) is 0 Å². The summed E-state index contributed by atoms with van der Waals surface area (Å²) in [6.45, 7) is -1.64. The molecule has 0 amide bonds. The average molecular weight is 518 g/mol. The van der Waals surface area contributed by atoms with E-state index >= 15 is 0 Å². The second-order valence-corrected chi connectivity index (χ2v) is 8.37. The highest BCUT2D eigenvalue weighted by Gasteiger charge is 2.54. The number of aliphatic carboxylic acids is 1. The van der Waals surface area contributed by atoms with Crippen molar-refractivity contribution in [2.45, 2.75) is 92.1 Å². The van der Waals surface area contributed by atoms with Gasteiger partial charge in [0, 0.05) is 0 Å². The van der Waals surface area contributed by atoms with Crippen LogP contribution >= 0.6 is 0 Å². The van der Waals surface area contributed by atoms with E-state index in [9.17, 15) is 61.0 Å². The van der Waals surface area contributed by atoms with Gasteiger partial charge in [-0.15, -0.1) is 0 Å². The Kier molecular flexibility index (Phi) is 9.35. The minimum Gasteiger partial charge on any atom is -0.479 e. The molecule has 3 rings (SSSR count).